The fourth-order valence-corrected chi connectivity index (χ4v) is 3.01. The molecule has 102 valence electrons. The third kappa shape index (κ3) is 3.22. The molecule has 0 aromatic rings. The minimum atomic E-state index is -0.911. The Bertz CT molecular complexity index is 307. The Morgan fingerprint density at radius 2 is 1.78 bits per heavy atom. The molecule has 1 unspecified atom stereocenters. The molecule has 18 heavy (non-hydrogen) atoms. The summed E-state index contributed by atoms with van der Waals surface area (Å²) in [7, 11) is 0. The van der Waals surface area contributed by atoms with Gasteiger partial charge in [0.25, 0.3) is 0 Å². The summed E-state index contributed by atoms with van der Waals surface area (Å²) < 4.78 is 0. The number of hydrogen-bond acceptors (Lipinski definition) is 3. The lowest BCUT2D eigenvalue weighted by Crippen LogP contribution is -2.52. The van der Waals surface area contributed by atoms with E-state index in [0.29, 0.717) is 0 Å². The lowest BCUT2D eigenvalue weighted by atomic mass is 10.0. The second-order valence-corrected chi connectivity index (χ2v) is 5.30. The molecule has 1 aliphatic heterocycles. The minimum absolute atomic E-state index is 0.0102. The van der Waals surface area contributed by atoms with Crippen LogP contribution in [0.1, 0.15) is 44.9 Å². The third-order valence-electron chi connectivity index (χ3n) is 3.96. The van der Waals surface area contributed by atoms with Gasteiger partial charge in [0.05, 0.1) is 6.04 Å². The van der Waals surface area contributed by atoms with Gasteiger partial charge in [-0.25, -0.2) is 0 Å². The molecule has 1 amide bonds. The van der Waals surface area contributed by atoms with Gasteiger partial charge in [0, 0.05) is 6.04 Å². The minimum Gasteiger partial charge on any atom is -0.480 e. The Morgan fingerprint density at radius 3 is 2.33 bits per heavy atom. The molecular weight excluding hydrogens is 232 g/mol. The Morgan fingerprint density at radius 1 is 1.11 bits per heavy atom. The van der Waals surface area contributed by atoms with Gasteiger partial charge < -0.3 is 15.3 Å². The molecule has 0 spiro atoms. The van der Waals surface area contributed by atoms with Crippen molar-refractivity contribution in [3.63, 3.8) is 0 Å². The third-order valence-corrected chi connectivity index (χ3v) is 3.96. The van der Waals surface area contributed by atoms with Crippen molar-refractivity contribution < 1.29 is 14.7 Å². The van der Waals surface area contributed by atoms with Crippen LogP contribution in [-0.2, 0) is 9.59 Å². The van der Waals surface area contributed by atoms with Gasteiger partial charge in [-0.05, 0) is 32.2 Å². The molecule has 0 radical (unpaired) electrons. The first-order valence-electron chi connectivity index (χ1n) is 6.94. The maximum absolute atomic E-state index is 12.4. The average Bonchev–Trinajstić information content (AvgIpc) is 2.89. The number of carboxylic acid groups (broad SMARTS) is 1. The van der Waals surface area contributed by atoms with E-state index in [-0.39, 0.29) is 24.5 Å². The second-order valence-electron chi connectivity index (χ2n) is 5.30. The molecule has 1 saturated carbocycles. The number of nitrogens with zero attached hydrogens (tertiary/aromatic N) is 1. The number of hydrogen-bond donors (Lipinski definition) is 2. The highest BCUT2D eigenvalue weighted by atomic mass is 16.4. The van der Waals surface area contributed by atoms with E-state index in [1.54, 1.807) is 4.90 Å². The van der Waals surface area contributed by atoms with Gasteiger partial charge in [-0.2, -0.15) is 0 Å². The quantitative estimate of drug-likeness (QED) is 0.785. The van der Waals surface area contributed by atoms with Crippen LogP contribution in [0.5, 0.6) is 0 Å². The highest BCUT2D eigenvalue weighted by Crippen LogP contribution is 2.24. The van der Waals surface area contributed by atoms with Crippen molar-refractivity contribution in [2.24, 2.45) is 0 Å². The van der Waals surface area contributed by atoms with Crippen LogP contribution in [0, 0.1) is 0 Å². The first-order chi connectivity index (χ1) is 8.68. The molecule has 2 fully saturated rings. The Labute approximate surface area is 108 Å². The van der Waals surface area contributed by atoms with Gasteiger partial charge in [-0.3, -0.25) is 9.59 Å². The van der Waals surface area contributed by atoms with Gasteiger partial charge in [0.2, 0.25) is 5.91 Å². The van der Waals surface area contributed by atoms with E-state index >= 15 is 0 Å². The summed E-state index contributed by atoms with van der Waals surface area (Å²) in [5.41, 5.74) is 0. The first-order valence-corrected chi connectivity index (χ1v) is 6.94. The average molecular weight is 254 g/mol. The fourth-order valence-electron chi connectivity index (χ4n) is 3.01. The van der Waals surface area contributed by atoms with E-state index in [1.807, 2.05) is 0 Å². The number of carboxylic acids is 1. The molecule has 1 saturated heterocycles. The summed E-state index contributed by atoms with van der Waals surface area (Å²) in [5.74, 6) is -0.921. The maximum Gasteiger partial charge on any atom is 0.323 e. The standard InChI is InChI=1S/C13H22N2O3/c16-12(17)9-15(10-5-1-2-6-10)13(18)11-7-3-4-8-14-11/h10-11,14H,1-9H2,(H,16,17). The van der Waals surface area contributed by atoms with Crippen LogP contribution in [0.25, 0.3) is 0 Å². The van der Waals surface area contributed by atoms with Crippen molar-refractivity contribution >= 4 is 11.9 Å². The summed E-state index contributed by atoms with van der Waals surface area (Å²) in [6.45, 7) is 0.712. The van der Waals surface area contributed by atoms with Crippen LogP contribution >= 0.6 is 0 Å². The zero-order valence-corrected chi connectivity index (χ0v) is 10.7. The molecule has 5 nitrogen and oxygen atoms in total. The number of amides is 1. The number of carbonyl (C=O) groups is 2. The molecule has 0 aromatic heterocycles. The Kier molecular flexibility index (Phi) is 4.58. The van der Waals surface area contributed by atoms with Crippen LogP contribution in [0.3, 0.4) is 0 Å². The van der Waals surface area contributed by atoms with Gasteiger partial charge in [-0.15, -0.1) is 0 Å². The number of nitrogens with one attached hydrogen (secondary N) is 1. The zero-order chi connectivity index (χ0) is 13.0. The van der Waals surface area contributed by atoms with Crippen molar-refractivity contribution in [3.8, 4) is 0 Å². The molecule has 2 aliphatic rings. The molecule has 0 bridgehead atoms. The fraction of sp³-hybridized carbons (Fsp3) is 0.846. The normalized spacial score (nSPS) is 25.0. The molecule has 2 N–H and O–H groups in total. The number of aliphatic carboxylic acids is 1. The Balaban J connectivity index is 2.01. The molecule has 5 heteroatoms. The van der Waals surface area contributed by atoms with Crippen molar-refractivity contribution in [1.29, 1.82) is 0 Å². The number of rotatable bonds is 4. The largest absolute Gasteiger partial charge is 0.480 e. The Hall–Kier alpha value is -1.10. The monoisotopic (exact) mass is 254 g/mol. The topological polar surface area (TPSA) is 69.6 Å². The van der Waals surface area contributed by atoms with Crippen molar-refractivity contribution in [1.82, 2.24) is 10.2 Å². The maximum atomic E-state index is 12.4. The van der Waals surface area contributed by atoms with Crippen LogP contribution in [0.4, 0.5) is 0 Å². The molecule has 2 rings (SSSR count). The van der Waals surface area contributed by atoms with Crippen LogP contribution in [-0.4, -0.2) is 47.1 Å². The predicted octanol–water partition coefficient (Wildman–Crippen LogP) is 0.984. The molecule has 1 aliphatic carbocycles. The molecule has 1 atom stereocenters. The first kappa shape index (κ1) is 13.3. The molecule has 1 heterocycles. The predicted molar refractivity (Wildman–Crippen MR) is 67.2 cm³/mol. The molecule has 0 aromatic carbocycles. The van der Waals surface area contributed by atoms with Gasteiger partial charge in [0.1, 0.15) is 6.54 Å². The zero-order valence-electron chi connectivity index (χ0n) is 10.7. The van der Waals surface area contributed by atoms with Crippen molar-refractivity contribution in [2.45, 2.75) is 57.0 Å². The second kappa shape index (κ2) is 6.18. The lowest BCUT2D eigenvalue weighted by Gasteiger charge is -2.33. The van der Waals surface area contributed by atoms with E-state index in [9.17, 15) is 9.59 Å². The number of piperidine rings is 1. The van der Waals surface area contributed by atoms with Crippen LogP contribution in [0.15, 0.2) is 0 Å². The van der Waals surface area contributed by atoms with E-state index in [1.165, 1.54) is 0 Å². The van der Waals surface area contributed by atoms with Crippen molar-refractivity contribution in [2.75, 3.05) is 13.1 Å². The highest BCUT2D eigenvalue weighted by molar-refractivity contribution is 5.85. The van der Waals surface area contributed by atoms with E-state index < -0.39 is 5.97 Å². The van der Waals surface area contributed by atoms with Crippen molar-refractivity contribution in [3.05, 3.63) is 0 Å². The lowest BCUT2D eigenvalue weighted by molar-refractivity contribution is -0.147. The van der Waals surface area contributed by atoms with E-state index in [2.05, 4.69) is 5.32 Å². The summed E-state index contributed by atoms with van der Waals surface area (Å²) in [4.78, 5) is 25.0. The van der Waals surface area contributed by atoms with E-state index in [0.717, 1.165) is 51.5 Å². The summed E-state index contributed by atoms with van der Waals surface area (Å²) >= 11 is 0. The summed E-state index contributed by atoms with van der Waals surface area (Å²) in [6, 6.07) is -0.0315. The SMILES string of the molecule is O=C(O)CN(C(=O)C1CCCCN1)C1CCCC1. The van der Waals surface area contributed by atoms with E-state index in [4.69, 9.17) is 5.11 Å². The summed E-state index contributed by atoms with van der Waals surface area (Å²) in [5, 5.41) is 12.2. The van der Waals surface area contributed by atoms with Gasteiger partial charge in [-0.1, -0.05) is 19.3 Å². The highest BCUT2D eigenvalue weighted by Gasteiger charge is 2.32. The number of carbonyl (C=O) groups excluding carboxylic acids is 1. The van der Waals surface area contributed by atoms with Crippen LogP contribution in [0.2, 0.25) is 0 Å². The van der Waals surface area contributed by atoms with Gasteiger partial charge in [0.15, 0.2) is 0 Å². The van der Waals surface area contributed by atoms with Crippen LogP contribution < -0.4 is 5.32 Å². The van der Waals surface area contributed by atoms with Gasteiger partial charge >= 0.3 is 5.97 Å². The summed E-state index contributed by atoms with van der Waals surface area (Å²) in [6.07, 6.45) is 7.10. The molecular formula is C13H22N2O3. The smallest absolute Gasteiger partial charge is 0.323 e.